The molecule has 1 aliphatic rings. The molecule has 11 heteroatoms. The summed E-state index contributed by atoms with van der Waals surface area (Å²) in [4.78, 5) is 42.7. The van der Waals surface area contributed by atoms with Crippen LogP contribution in [-0.4, -0.2) is 44.7 Å². The molecule has 0 fully saturated rings. The highest BCUT2D eigenvalue weighted by Crippen LogP contribution is 2.50. The summed E-state index contributed by atoms with van der Waals surface area (Å²) in [6.07, 6.45) is 1.15. The Kier molecular flexibility index (Phi) is 8.06. The Morgan fingerprint density at radius 1 is 1.02 bits per heavy atom. The summed E-state index contributed by atoms with van der Waals surface area (Å²) in [5.74, 6) is 0.870. The lowest BCUT2D eigenvalue weighted by atomic mass is 9.95. The molecular formula is C30H30N4O6S. The Hall–Kier alpha value is -4.64. The predicted molar refractivity (Wildman–Crippen MR) is 159 cm³/mol. The van der Waals surface area contributed by atoms with Crippen LogP contribution < -0.4 is 35.6 Å². The number of aryl methyl sites for hydroxylation is 1. The molecule has 212 valence electrons. The molecule has 0 saturated heterocycles. The van der Waals surface area contributed by atoms with Gasteiger partial charge in [-0.05, 0) is 59.9 Å². The van der Waals surface area contributed by atoms with Crippen molar-refractivity contribution in [2.24, 2.45) is 0 Å². The fourth-order valence-electron chi connectivity index (χ4n) is 5.12. The van der Waals surface area contributed by atoms with Crippen LogP contribution in [0.4, 0.5) is 10.8 Å². The molecular weight excluding hydrogens is 544 g/mol. The first-order chi connectivity index (χ1) is 19.8. The zero-order valence-corrected chi connectivity index (χ0v) is 23.9. The molecule has 5 rings (SSSR count). The number of hydrogen-bond acceptors (Lipinski definition) is 9. The van der Waals surface area contributed by atoms with E-state index in [-0.39, 0.29) is 29.5 Å². The molecule has 0 radical (unpaired) electrons. The number of amides is 2. The van der Waals surface area contributed by atoms with E-state index in [0.717, 1.165) is 21.3 Å². The van der Waals surface area contributed by atoms with Gasteiger partial charge in [0.1, 0.15) is 0 Å². The molecule has 0 aliphatic heterocycles. The van der Waals surface area contributed by atoms with Gasteiger partial charge in [0.05, 0.1) is 49.8 Å². The van der Waals surface area contributed by atoms with E-state index in [4.69, 9.17) is 14.2 Å². The maximum Gasteiger partial charge on any atom is 0.245 e. The van der Waals surface area contributed by atoms with E-state index in [2.05, 4.69) is 20.9 Å². The fourth-order valence-corrected chi connectivity index (χ4v) is 6.00. The van der Waals surface area contributed by atoms with E-state index in [0.29, 0.717) is 46.3 Å². The molecule has 3 N–H and O–H groups in total. The summed E-state index contributed by atoms with van der Waals surface area (Å²) >= 11 is 1.38. The Morgan fingerprint density at radius 2 is 1.80 bits per heavy atom. The highest BCUT2D eigenvalue weighted by Gasteiger charge is 2.29. The third kappa shape index (κ3) is 5.66. The predicted octanol–water partition coefficient (Wildman–Crippen LogP) is 4.52. The minimum absolute atomic E-state index is 0.139. The van der Waals surface area contributed by atoms with Crippen molar-refractivity contribution in [1.29, 1.82) is 0 Å². The number of thiazole rings is 1. The standard InChI is InChI=1S/C30H30N4O6S/c1-16(35)32-20-11-9-17-13-24(38-2)28(39-3)29(40-4)27(17)18-10-12-21(23(36)14-19(18)20)31-15-26(37)34-30-33-22-7-5-6-8-25(22)41-30/h5-8,10,12-14,20H,9,11,15H2,1-4H3,(H,31,36)(H,32,35)(H,33,34,37). The zero-order chi connectivity index (χ0) is 29.1. The Morgan fingerprint density at radius 3 is 2.51 bits per heavy atom. The molecule has 41 heavy (non-hydrogen) atoms. The number of methoxy groups -OCH3 is 3. The summed E-state index contributed by atoms with van der Waals surface area (Å²) in [6, 6.07) is 14.0. The maximum absolute atomic E-state index is 13.4. The number of hydrogen-bond donors (Lipinski definition) is 3. The molecule has 0 saturated carbocycles. The first-order valence-electron chi connectivity index (χ1n) is 13.0. The van der Waals surface area contributed by atoms with Crippen LogP contribution in [0.25, 0.3) is 21.3 Å². The van der Waals surface area contributed by atoms with E-state index in [1.807, 2.05) is 30.3 Å². The molecule has 1 heterocycles. The molecule has 1 atom stereocenters. The summed E-state index contributed by atoms with van der Waals surface area (Å²) < 4.78 is 18.0. The molecule has 4 aromatic rings. The molecule has 3 aromatic carbocycles. The summed E-state index contributed by atoms with van der Waals surface area (Å²) in [7, 11) is 4.64. The monoisotopic (exact) mass is 574 g/mol. The van der Waals surface area contributed by atoms with Gasteiger partial charge >= 0.3 is 0 Å². The number of fused-ring (bicyclic) bond motifs is 4. The fraction of sp³-hybridized carbons (Fsp3) is 0.267. The maximum atomic E-state index is 13.4. The second kappa shape index (κ2) is 11.8. The molecule has 2 amide bonds. The number of aromatic nitrogens is 1. The zero-order valence-electron chi connectivity index (χ0n) is 23.1. The van der Waals surface area contributed by atoms with E-state index >= 15 is 0 Å². The van der Waals surface area contributed by atoms with Crippen LogP contribution in [0.3, 0.4) is 0 Å². The topological polar surface area (TPSA) is 128 Å². The Bertz CT molecular complexity index is 1670. The van der Waals surface area contributed by atoms with Gasteiger partial charge in [-0.1, -0.05) is 29.5 Å². The Labute approximate surface area is 240 Å². The quantitative estimate of drug-likeness (QED) is 0.280. The first-order valence-corrected chi connectivity index (χ1v) is 13.8. The molecule has 0 spiro atoms. The highest BCUT2D eigenvalue weighted by molar-refractivity contribution is 7.22. The molecule has 1 aliphatic carbocycles. The Balaban J connectivity index is 1.51. The molecule has 1 aromatic heterocycles. The number of carbonyl (C=O) groups excluding carboxylic acids is 2. The van der Waals surface area contributed by atoms with Crippen LogP contribution in [-0.2, 0) is 16.0 Å². The van der Waals surface area contributed by atoms with Gasteiger partial charge < -0.3 is 30.2 Å². The van der Waals surface area contributed by atoms with Crippen LogP contribution >= 0.6 is 11.3 Å². The van der Waals surface area contributed by atoms with Gasteiger partial charge in [0, 0.05) is 12.5 Å². The normalized spacial score (nSPS) is 13.8. The van der Waals surface area contributed by atoms with Crippen LogP contribution in [0.15, 0.2) is 53.3 Å². The van der Waals surface area contributed by atoms with Gasteiger partial charge in [-0.2, -0.15) is 0 Å². The molecule has 10 nitrogen and oxygen atoms in total. The van der Waals surface area contributed by atoms with E-state index in [1.165, 1.54) is 31.4 Å². The average molecular weight is 575 g/mol. The van der Waals surface area contributed by atoms with Crippen molar-refractivity contribution in [1.82, 2.24) is 10.3 Å². The average Bonchev–Trinajstić information content (AvgIpc) is 3.22. The third-order valence-electron chi connectivity index (χ3n) is 6.90. The second-order valence-corrected chi connectivity index (χ2v) is 10.5. The van der Waals surface area contributed by atoms with Crippen molar-refractivity contribution < 1.29 is 23.8 Å². The van der Waals surface area contributed by atoms with E-state index in [1.54, 1.807) is 26.4 Å². The number of nitrogens with zero attached hydrogens (tertiary/aromatic N) is 1. The van der Waals surface area contributed by atoms with Gasteiger partial charge in [-0.15, -0.1) is 0 Å². The minimum atomic E-state index is -0.424. The summed E-state index contributed by atoms with van der Waals surface area (Å²) in [5.41, 5.74) is 3.75. The number of ether oxygens (including phenoxy) is 3. The number of para-hydroxylation sites is 1. The highest BCUT2D eigenvalue weighted by atomic mass is 32.1. The van der Waals surface area contributed by atoms with Gasteiger partial charge in [0.2, 0.25) is 23.0 Å². The van der Waals surface area contributed by atoms with Gasteiger partial charge in [0.15, 0.2) is 16.6 Å². The lowest BCUT2D eigenvalue weighted by molar-refractivity contribution is -0.119. The van der Waals surface area contributed by atoms with Crippen molar-refractivity contribution in [2.45, 2.75) is 25.8 Å². The lowest BCUT2D eigenvalue weighted by Gasteiger charge is -2.19. The second-order valence-electron chi connectivity index (χ2n) is 9.48. The summed E-state index contributed by atoms with van der Waals surface area (Å²) in [6.45, 7) is 1.31. The van der Waals surface area contributed by atoms with E-state index in [9.17, 15) is 14.4 Å². The van der Waals surface area contributed by atoms with Gasteiger partial charge in [-0.3, -0.25) is 14.4 Å². The smallest absolute Gasteiger partial charge is 0.245 e. The van der Waals surface area contributed by atoms with Crippen molar-refractivity contribution in [3.8, 4) is 28.4 Å². The largest absolute Gasteiger partial charge is 0.493 e. The molecule has 1 unspecified atom stereocenters. The van der Waals surface area contributed by atoms with Crippen LogP contribution in [0.1, 0.15) is 30.5 Å². The van der Waals surface area contributed by atoms with Crippen molar-refractivity contribution in [2.75, 3.05) is 38.5 Å². The van der Waals surface area contributed by atoms with E-state index < -0.39 is 6.04 Å². The first kappa shape index (κ1) is 27.9. The number of rotatable bonds is 8. The molecule has 0 bridgehead atoms. The van der Waals surface area contributed by atoms with Crippen molar-refractivity contribution in [3.05, 3.63) is 69.9 Å². The van der Waals surface area contributed by atoms with Crippen molar-refractivity contribution >= 4 is 44.2 Å². The SMILES string of the molecule is COc1cc2c(c(OC)c1OC)-c1ccc(NCC(=O)Nc3nc4ccccc4s3)c(=O)cc1C(NC(C)=O)CC2. The van der Waals surface area contributed by atoms with Crippen LogP contribution in [0, 0.1) is 0 Å². The van der Waals surface area contributed by atoms with Crippen LogP contribution in [0.2, 0.25) is 0 Å². The minimum Gasteiger partial charge on any atom is -0.493 e. The van der Waals surface area contributed by atoms with Gasteiger partial charge in [-0.25, -0.2) is 4.98 Å². The number of benzene rings is 2. The van der Waals surface area contributed by atoms with Crippen LogP contribution in [0.5, 0.6) is 17.2 Å². The third-order valence-corrected chi connectivity index (χ3v) is 7.85. The number of nitrogens with one attached hydrogen (secondary N) is 3. The number of carbonyl (C=O) groups is 2. The van der Waals surface area contributed by atoms with Gasteiger partial charge in [0.25, 0.3) is 0 Å². The lowest BCUT2D eigenvalue weighted by Crippen LogP contribution is -2.27. The van der Waals surface area contributed by atoms with Crippen molar-refractivity contribution in [3.63, 3.8) is 0 Å². The number of anilines is 2. The summed E-state index contributed by atoms with van der Waals surface area (Å²) in [5, 5.41) is 9.22.